The van der Waals surface area contributed by atoms with Crippen molar-refractivity contribution in [3.63, 3.8) is 0 Å². The van der Waals surface area contributed by atoms with Crippen LogP contribution in [0.25, 0.3) is 0 Å². The molecule has 0 heterocycles. The molecule has 0 aromatic carbocycles. The number of unbranched alkanes of at least 4 members (excludes halogenated alkanes) is 30. The second-order valence-electron chi connectivity index (χ2n) is 15.4. The highest BCUT2D eigenvalue weighted by atomic mass is 16.6. The van der Waals surface area contributed by atoms with Crippen LogP contribution in [0.4, 0.5) is 4.79 Å². The van der Waals surface area contributed by atoms with Crippen molar-refractivity contribution < 1.29 is 33.3 Å². The molecule has 0 aromatic heterocycles. The molecule has 0 aliphatic heterocycles. The van der Waals surface area contributed by atoms with E-state index in [1.54, 1.807) is 0 Å². The summed E-state index contributed by atoms with van der Waals surface area (Å²) in [4.78, 5) is 37.5. The van der Waals surface area contributed by atoms with E-state index < -0.39 is 18.1 Å². The number of hydrogen-bond donors (Lipinski definition) is 1. The molecule has 0 radical (unpaired) electrons. The first-order chi connectivity index (χ1) is 26.0. The van der Waals surface area contributed by atoms with Gasteiger partial charge in [0.1, 0.15) is 12.6 Å². The summed E-state index contributed by atoms with van der Waals surface area (Å²) in [5.74, 6) is -0.906. The first-order valence-electron chi connectivity index (χ1n) is 22.8. The van der Waals surface area contributed by atoms with Crippen LogP contribution in [0.2, 0.25) is 0 Å². The predicted molar refractivity (Wildman–Crippen MR) is 220 cm³/mol. The van der Waals surface area contributed by atoms with Crippen LogP contribution in [0.5, 0.6) is 0 Å². The number of rotatable bonds is 42. The average Bonchev–Trinajstić information content (AvgIpc) is 3.15. The largest absolute Gasteiger partial charge is 0.466 e. The number of carbonyl (C=O) groups is 3. The van der Waals surface area contributed by atoms with Crippen molar-refractivity contribution in [2.24, 2.45) is 0 Å². The number of nitrogens with one attached hydrogen (secondary N) is 1. The Bertz CT molecular complexity index is 793. The SMILES string of the molecule is CCCCCCCCCCCCCCCCCCOC(=O)CCC(NC(=O)OCCOC)C(=O)OCCCCCCCCCCCCCCCCCC. The van der Waals surface area contributed by atoms with Crippen molar-refractivity contribution in [2.45, 2.75) is 238 Å². The van der Waals surface area contributed by atoms with Crippen LogP contribution in [0, 0.1) is 0 Å². The number of amides is 1. The minimum absolute atomic E-state index is 0.0238. The Hall–Kier alpha value is -1.83. The minimum Gasteiger partial charge on any atom is -0.466 e. The molecule has 1 atom stereocenters. The summed E-state index contributed by atoms with van der Waals surface area (Å²) in [6.07, 6.45) is 40.6. The summed E-state index contributed by atoms with van der Waals surface area (Å²) in [5, 5.41) is 2.56. The summed E-state index contributed by atoms with van der Waals surface area (Å²) in [7, 11) is 1.52. The van der Waals surface area contributed by atoms with Gasteiger partial charge in [0, 0.05) is 13.5 Å². The topological polar surface area (TPSA) is 100 Å². The van der Waals surface area contributed by atoms with E-state index in [2.05, 4.69) is 19.2 Å². The van der Waals surface area contributed by atoms with Crippen molar-refractivity contribution in [1.29, 1.82) is 0 Å². The van der Waals surface area contributed by atoms with Crippen LogP contribution < -0.4 is 5.32 Å². The maximum atomic E-state index is 12.8. The van der Waals surface area contributed by atoms with E-state index in [0.29, 0.717) is 13.2 Å². The van der Waals surface area contributed by atoms with Gasteiger partial charge in [0.2, 0.25) is 0 Å². The van der Waals surface area contributed by atoms with Crippen LogP contribution in [0.3, 0.4) is 0 Å². The molecule has 0 rings (SSSR count). The van der Waals surface area contributed by atoms with Gasteiger partial charge < -0.3 is 24.3 Å². The van der Waals surface area contributed by atoms with Gasteiger partial charge in [-0.3, -0.25) is 4.79 Å². The van der Waals surface area contributed by atoms with E-state index >= 15 is 0 Å². The Balaban J connectivity index is 3.98. The third-order valence-corrected chi connectivity index (χ3v) is 10.2. The minimum atomic E-state index is -0.964. The number of carbonyl (C=O) groups excluding carboxylic acids is 3. The van der Waals surface area contributed by atoms with E-state index in [1.807, 2.05) is 0 Å². The number of alkyl carbamates (subject to hydrolysis) is 1. The van der Waals surface area contributed by atoms with Crippen LogP contribution in [0.1, 0.15) is 232 Å². The Morgan fingerprint density at radius 1 is 0.415 bits per heavy atom. The van der Waals surface area contributed by atoms with Crippen LogP contribution in [0.15, 0.2) is 0 Å². The van der Waals surface area contributed by atoms with Crippen LogP contribution in [-0.2, 0) is 28.5 Å². The molecule has 8 nitrogen and oxygen atoms in total. The second-order valence-corrected chi connectivity index (χ2v) is 15.4. The highest BCUT2D eigenvalue weighted by molar-refractivity contribution is 5.82. The number of hydrogen-bond acceptors (Lipinski definition) is 7. The van der Waals surface area contributed by atoms with Gasteiger partial charge >= 0.3 is 18.0 Å². The smallest absolute Gasteiger partial charge is 0.407 e. The fourth-order valence-electron chi connectivity index (χ4n) is 6.74. The summed E-state index contributed by atoms with van der Waals surface area (Å²) in [5.41, 5.74) is 0. The third kappa shape index (κ3) is 39.7. The monoisotopic (exact) mass is 754 g/mol. The van der Waals surface area contributed by atoms with Crippen molar-refractivity contribution in [2.75, 3.05) is 33.5 Å². The molecule has 0 saturated carbocycles. The maximum absolute atomic E-state index is 12.8. The normalized spacial score (nSPS) is 11.8. The molecular formula is C45H87NO7. The lowest BCUT2D eigenvalue weighted by Gasteiger charge is -2.17. The zero-order valence-electron chi connectivity index (χ0n) is 35.3. The standard InChI is InChI=1S/C45H87NO7/c1-4-6-8-10-12-14-16-18-20-22-24-26-28-30-32-34-38-51-43(47)37-36-42(46-45(49)53-41-40-50-3)44(48)52-39-35-33-31-29-27-25-23-21-19-17-15-13-11-9-7-5-2/h42H,4-41H2,1-3H3,(H,46,49). The summed E-state index contributed by atoms with van der Waals surface area (Å²) in [6.45, 7) is 5.56. The van der Waals surface area contributed by atoms with E-state index in [1.165, 1.54) is 174 Å². The van der Waals surface area contributed by atoms with Gasteiger partial charge in [-0.15, -0.1) is 0 Å². The zero-order chi connectivity index (χ0) is 38.7. The fourth-order valence-corrected chi connectivity index (χ4v) is 6.74. The predicted octanol–water partition coefficient (Wildman–Crippen LogP) is 13.1. The average molecular weight is 754 g/mol. The Labute approximate surface area is 327 Å². The van der Waals surface area contributed by atoms with Crippen molar-refractivity contribution in [3.8, 4) is 0 Å². The number of ether oxygens (including phenoxy) is 4. The highest BCUT2D eigenvalue weighted by Gasteiger charge is 2.24. The molecule has 0 aliphatic rings. The van der Waals surface area contributed by atoms with Gasteiger partial charge in [-0.1, -0.05) is 206 Å². The quantitative estimate of drug-likeness (QED) is 0.0376. The molecule has 1 N–H and O–H groups in total. The molecule has 314 valence electrons. The van der Waals surface area contributed by atoms with Gasteiger partial charge in [-0.25, -0.2) is 9.59 Å². The molecule has 1 amide bonds. The molecule has 0 aliphatic carbocycles. The van der Waals surface area contributed by atoms with E-state index in [9.17, 15) is 14.4 Å². The molecule has 0 fully saturated rings. The van der Waals surface area contributed by atoms with Crippen molar-refractivity contribution in [3.05, 3.63) is 0 Å². The first kappa shape index (κ1) is 51.2. The van der Waals surface area contributed by atoms with Gasteiger partial charge in [0.05, 0.1) is 19.8 Å². The Morgan fingerprint density at radius 2 is 0.755 bits per heavy atom. The molecule has 0 spiro atoms. The summed E-state index contributed by atoms with van der Waals surface area (Å²) < 4.78 is 20.9. The molecule has 0 aromatic rings. The van der Waals surface area contributed by atoms with Crippen molar-refractivity contribution in [1.82, 2.24) is 5.32 Å². The highest BCUT2D eigenvalue weighted by Crippen LogP contribution is 2.16. The molecule has 0 saturated heterocycles. The lowest BCUT2D eigenvalue weighted by Crippen LogP contribution is -2.42. The maximum Gasteiger partial charge on any atom is 0.407 e. The first-order valence-corrected chi connectivity index (χ1v) is 22.8. The van der Waals surface area contributed by atoms with Gasteiger partial charge in [-0.05, 0) is 19.3 Å². The van der Waals surface area contributed by atoms with Gasteiger partial charge in [0.15, 0.2) is 0 Å². The van der Waals surface area contributed by atoms with E-state index in [0.717, 1.165) is 38.5 Å². The number of esters is 2. The van der Waals surface area contributed by atoms with Gasteiger partial charge in [0.25, 0.3) is 0 Å². The lowest BCUT2D eigenvalue weighted by molar-refractivity contribution is -0.147. The summed E-state index contributed by atoms with van der Waals surface area (Å²) in [6, 6.07) is -0.964. The fraction of sp³-hybridized carbons (Fsp3) is 0.933. The zero-order valence-corrected chi connectivity index (χ0v) is 35.3. The molecule has 53 heavy (non-hydrogen) atoms. The summed E-state index contributed by atoms with van der Waals surface area (Å²) >= 11 is 0. The van der Waals surface area contributed by atoms with Crippen molar-refractivity contribution >= 4 is 18.0 Å². The lowest BCUT2D eigenvalue weighted by atomic mass is 10.0. The van der Waals surface area contributed by atoms with Gasteiger partial charge in [-0.2, -0.15) is 0 Å². The van der Waals surface area contributed by atoms with E-state index in [4.69, 9.17) is 18.9 Å². The third-order valence-electron chi connectivity index (χ3n) is 10.2. The Kier molecular flexibility index (Phi) is 41.4. The second kappa shape index (κ2) is 42.9. The van der Waals surface area contributed by atoms with Crippen LogP contribution in [-0.4, -0.2) is 57.6 Å². The van der Waals surface area contributed by atoms with E-state index in [-0.39, 0.29) is 32.0 Å². The molecule has 0 bridgehead atoms. The molecule has 1 unspecified atom stereocenters. The van der Waals surface area contributed by atoms with Crippen LogP contribution >= 0.6 is 0 Å². The molecule has 8 heteroatoms. The molecular weight excluding hydrogens is 666 g/mol. The number of methoxy groups -OCH3 is 1. The Morgan fingerprint density at radius 3 is 1.11 bits per heavy atom.